The van der Waals surface area contributed by atoms with Gasteiger partial charge in [-0.3, -0.25) is 0 Å². The fourth-order valence-electron chi connectivity index (χ4n) is 0.171. The second-order valence-electron chi connectivity index (χ2n) is 1.17. The first-order valence-electron chi connectivity index (χ1n) is 1.98. The average molecular weight is 144 g/mol. The number of hydrogen-bond donors (Lipinski definition) is 3. The molecule has 0 aromatic heterocycles. The maximum atomic E-state index is 8.13. The summed E-state index contributed by atoms with van der Waals surface area (Å²) in [6.07, 6.45) is 1.31. The molecule has 9 heavy (non-hydrogen) atoms. The number of hydrogen-bond acceptors (Lipinski definition) is 4. The first-order chi connectivity index (χ1) is 3.56. The van der Waals surface area contributed by atoms with Gasteiger partial charge in [0, 0.05) is 0 Å². The standard InChI is InChI=1S/C3H8O4Si.Li.H/c1-2-3-7-8(4,5)6;;/h2,4-6H,1,3H2;;. The Morgan fingerprint density at radius 3 is 2.00 bits per heavy atom. The molecule has 3 N–H and O–H groups in total. The van der Waals surface area contributed by atoms with Gasteiger partial charge >= 0.3 is 27.9 Å². The summed E-state index contributed by atoms with van der Waals surface area (Å²) in [5.74, 6) is 0. The average Bonchev–Trinajstić information content (AvgIpc) is 1.59. The molecule has 6 heteroatoms. The fraction of sp³-hybridized carbons (Fsp3) is 0.333. The zero-order chi connectivity index (χ0) is 6.62. The van der Waals surface area contributed by atoms with Gasteiger partial charge in [0.1, 0.15) is 0 Å². The molecule has 0 aromatic rings. The van der Waals surface area contributed by atoms with E-state index in [1.54, 1.807) is 0 Å². The van der Waals surface area contributed by atoms with E-state index in [-0.39, 0.29) is 25.5 Å². The molecule has 0 saturated heterocycles. The number of rotatable bonds is 3. The predicted molar refractivity (Wildman–Crippen MR) is 35.7 cm³/mol. The van der Waals surface area contributed by atoms with Gasteiger partial charge in [0.2, 0.25) is 0 Å². The minimum absolute atomic E-state index is 0. The summed E-state index contributed by atoms with van der Waals surface area (Å²) in [6, 6.07) is 0. The predicted octanol–water partition coefficient (Wildman–Crippen LogP) is -2.05. The van der Waals surface area contributed by atoms with E-state index in [0.717, 1.165) is 0 Å². The fourth-order valence-corrected chi connectivity index (χ4v) is 0.512. The molecule has 4 nitrogen and oxygen atoms in total. The third kappa shape index (κ3) is 11.8. The SMILES string of the molecule is C=CCO[Si](O)(O)O.[LiH]. The van der Waals surface area contributed by atoms with Gasteiger partial charge in [0.05, 0.1) is 6.61 Å². The topological polar surface area (TPSA) is 69.9 Å². The van der Waals surface area contributed by atoms with Crippen LogP contribution in [-0.2, 0) is 4.43 Å². The van der Waals surface area contributed by atoms with Crippen LogP contribution in [0.1, 0.15) is 0 Å². The van der Waals surface area contributed by atoms with Crippen molar-refractivity contribution in [1.29, 1.82) is 0 Å². The van der Waals surface area contributed by atoms with Gasteiger partial charge in [-0.1, -0.05) is 6.08 Å². The molecule has 0 amide bonds. The molecule has 0 unspecified atom stereocenters. The van der Waals surface area contributed by atoms with Gasteiger partial charge in [-0.2, -0.15) is 0 Å². The first kappa shape index (κ1) is 12.1. The molecule has 0 rings (SSSR count). The molecule has 0 aromatic carbocycles. The zero-order valence-corrected chi connectivity index (χ0v) is 5.24. The van der Waals surface area contributed by atoms with Crippen molar-refractivity contribution in [3.63, 3.8) is 0 Å². The summed E-state index contributed by atoms with van der Waals surface area (Å²) >= 11 is 0. The summed E-state index contributed by atoms with van der Waals surface area (Å²) in [6.45, 7) is 3.18. The molecule has 50 valence electrons. The maximum absolute atomic E-state index is 8.13. The van der Waals surface area contributed by atoms with E-state index >= 15 is 0 Å². The summed E-state index contributed by atoms with van der Waals surface area (Å²) in [4.78, 5) is 24.4. The van der Waals surface area contributed by atoms with E-state index < -0.39 is 9.05 Å². The molecule has 0 aliphatic carbocycles. The van der Waals surface area contributed by atoms with E-state index in [0.29, 0.717) is 0 Å². The Labute approximate surface area is 66.4 Å². The molecule has 0 saturated carbocycles. The van der Waals surface area contributed by atoms with Crippen molar-refractivity contribution in [2.75, 3.05) is 6.61 Å². The Balaban J connectivity index is 0. The van der Waals surface area contributed by atoms with Gasteiger partial charge in [-0.05, 0) is 0 Å². The van der Waals surface area contributed by atoms with E-state index in [2.05, 4.69) is 11.0 Å². The molecule has 0 aliphatic rings. The van der Waals surface area contributed by atoms with Crippen molar-refractivity contribution in [3.05, 3.63) is 12.7 Å². The molecular weight excluding hydrogens is 135 g/mol. The molecule has 0 spiro atoms. The van der Waals surface area contributed by atoms with Crippen molar-refractivity contribution in [1.82, 2.24) is 0 Å². The van der Waals surface area contributed by atoms with Crippen LogP contribution in [0.25, 0.3) is 0 Å². The minimum atomic E-state index is -4.25. The quantitative estimate of drug-likeness (QED) is 0.315. The van der Waals surface area contributed by atoms with Crippen LogP contribution in [0.15, 0.2) is 12.7 Å². The van der Waals surface area contributed by atoms with Crippen LogP contribution in [0, 0.1) is 0 Å². The van der Waals surface area contributed by atoms with Gasteiger partial charge in [0.25, 0.3) is 0 Å². The van der Waals surface area contributed by atoms with Gasteiger partial charge in [-0.25, -0.2) is 0 Å². The van der Waals surface area contributed by atoms with Crippen LogP contribution in [-0.4, -0.2) is 48.9 Å². The van der Waals surface area contributed by atoms with Crippen molar-refractivity contribution in [2.45, 2.75) is 0 Å². The van der Waals surface area contributed by atoms with E-state index in [1.807, 2.05) is 0 Å². The van der Waals surface area contributed by atoms with Crippen molar-refractivity contribution in [3.8, 4) is 0 Å². The molecule has 0 atom stereocenters. The third-order valence-corrected chi connectivity index (χ3v) is 0.949. The molecule has 0 bridgehead atoms. The van der Waals surface area contributed by atoms with E-state index in [1.165, 1.54) is 6.08 Å². The zero-order valence-electron chi connectivity index (χ0n) is 4.24. The molecule has 0 radical (unpaired) electrons. The van der Waals surface area contributed by atoms with Gasteiger partial charge in [0.15, 0.2) is 0 Å². The van der Waals surface area contributed by atoms with Crippen LogP contribution < -0.4 is 0 Å². The van der Waals surface area contributed by atoms with Crippen molar-refractivity contribution in [2.24, 2.45) is 0 Å². The summed E-state index contributed by atoms with van der Waals surface area (Å²) < 4.78 is 4.07. The van der Waals surface area contributed by atoms with E-state index in [4.69, 9.17) is 14.4 Å². The Morgan fingerprint density at radius 1 is 1.44 bits per heavy atom. The normalized spacial score (nSPS) is 10.1. The van der Waals surface area contributed by atoms with Gasteiger partial charge in [-0.15, -0.1) is 6.58 Å². The summed E-state index contributed by atoms with van der Waals surface area (Å²) in [7, 11) is -4.25. The van der Waals surface area contributed by atoms with Crippen LogP contribution in [0.2, 0.25) is 0 Å². The van der Waals surface area contributed by atoms with Crippen LogP contribution in [0.3, 0.4) is 0 Å². The molecular formula is C3H9LiO4Si. The first-order valence-corrected chi connectivity index (χ1v) is 3.73. The van der Waals surface area contributed by atoms with Gasteiger partial charge < -0.3 is 18.8 Å². The van der Waals surface area contributed by atoms with Crippen LogP contribution >= 0.6 is 0 Å². The Kier molecular flexibility index (Phi) is 7.00. The third-order valence-electron chi connectivity index (χ3n) is 0.395. The monoisotopic (exact) mass is 144 g/mol. The van der Waals surface area contributed by atoms with Crippen LogP contribution in [0.5, 0.6) is 0 Å². The second kappa shape index (κ2) is 5.20. The van der Waals surface area contributed by atoms with Crippen molar-refractivity contribution >= 4 is 27.9 Å². The molecule has 0 heterocycles. The summed E-state index contributed by atoms with van der Waals surface area (Å²) in [5.41, 5.74) is 0. The van der Waals surface area contributed by atoms with Crippen molar-refractivity contribution < 1.29 is 18.8 Å². The molecule has 0 aliphatic heterocycles. The summed E-state index contributed by atoms with van der Waals surface area (Å²) in [5, 5.41) is 0. The van der Waals surface area contributed by atoms with Crippen LogP contribution in [0.4, 0.5) is 0 Å². The Morgan fingerprint density at radius 2 is 1.89 bits per heavy atom. The Bertz CT molecular complexity index is 80.4. The Hall–Kier alpha value is 0.394. The second-order valence-corrected chi connectivity index (χ2v) is 2.61. The molecule has 0 fully saturated rings. The van der Waals surface area contributed by atoms with E-state index in [9.17, 15) is 0 Å².